The number of carbonyl (C=O) groups is 1. The maximum Gasteiger partial charge on any atom is 0.269 e. The lowest BCUT2D eigenvalue weighted by molar-refractivity contribution is -0.384. The smallest absolute Gasteiger partial charge is 0.269 e. The summed E-state index contributed by atoms with van der Waals surface area (Å²) in [4.78, 5) is 26.9. The number of nitrogens with one attached hydrogen (secondary N) is 1. The molecule has 146 valence electrons. The normalized spacial score (nSPS) is 17.2. The van der Waals surface area contributed by atoms with Gasteiger partial charge in [-0.25, -0.2) is 13.4 Å². The number of carbonyl (C=O) groups excluding carboxylic acids is 1. The molecule has 1 atom stereocenters. The molecule has 2 aromatic rings. The van der Waals surface area contributed by atoms with Crippen LogP contribution in [0.3, 0.4) is 0 Å². The predicted molar refractivity (Wildman–Crippen MR) is 105 cm³/mol. The Morgan fingerprint density at radius 2 is 1.93 bits per heavy atom. The van der Waals surface area contributed by atoms with E-state index in [9.17, 15) is 23.3 Å². The molecule has 3 rings (SSSR count). The zero-order valence-electron chi connectivity index (χ0n) is 14.4. The second-order valence-electron chi connectivity index (χ2n) is 5.88. The van der Waals surface area contributed by atoms with Crippen LogP contribution in [0.5, 0.6) is 0 Å². The van der Waals surface area contributed by atoms with E-state index in [-0.39, 0.29) is 23.5 Å². The number of amides is 1. The molecule has 0 bridgehead atoms. The third kappa shape index (κ3) is 4.26. The van der Waals surface area contributed by atoms with Crippen LogP contribution in [-0.4, -0.2) is 41.1 Å². The molecule has 1 unspecified atom stereocenters. The minimum absolute atomic E-state index is 0.0172. The number of nitro benzene ring substituents is 1. The van der Waals surface area contributed by atoms with Gasteiger partial charge in [0.2, 0.25) is 15.9 Å². The van der Waals surface area contributed by atoms with E-state index in [0.717, 1.165) is 28.6 Å². The summed E-state index contributed by atoms with van der Waals surface area (Å²) in [6.45, 7) is 0.0172. The van der Waals surface area contributed by atoms with Gasteiger partial charge >= 0.3 is 0 Å². The number of aromatic nitrogens is 1. The summed E-state index contributed by atoms with van der Waals surface area (Å²) in [7, 11) is -4.03. The van der Waals surface area contributed by atoms with Crippen molar-refractivity contribution >= 4 is 43.4 Å². The van der Waals surface area contributed by atoms with Crippen LogP contribution in [0.4, 0.5) is 11.5 Å². The van der Waals surface area contributed by atoms with Crippen LogP contribution in [0.1, 0.15) is 6.42 Å². The van der Waals surface area contributed by atoms with Crippen molar-refractivity contribution in [1.82, 2.24) is 9.29 Å². The van der Waals surface area contributed by atoms with E-state index in [4.69, 9.17) is 0 Å². The Bertz CT molecular complexity index is 1040. The summed E-state index contributed by atoms with van der Waals surface area (Å²) in [5, 5.41) is 13.4. The highest BCUT2D eigenvalue weighted by molar-refractivity contribution is 9.10. The summed E-state index contributed by atoms with van der Waals surface area (Å²) in [6, 6.07) is 8.58. The molecule has 1 aliphatic rings. The monoisotopic (exact) mass is 466 g/mol. The van der Waals surface area contributed by atoms with E-state index in [1.807, 2.05) is 0 Å². The third-order valence-corrected chi connectivity index (χ3v) is 6.41. The Hall–Kier alpha value is -2.63. The van der Waals surface area contributed by atoms with E-state index < -0.39 is 26.9 Å². The minimum atomic E-state index is -4.03. The van der Waals surface area contributed by atoms with Crippen molar-refractivity contribution in [3.05, 3.63) is 69.3 Å². The number of sulfonamides is 1. The van der Waals surface area contributed by atoms with Gasteiger partial charge in [-0.3, -0.25) is 14.9 Å². The van der Waals surface area contributed by atoms with Crippen LogP contribution in [-0.2, 0) is 14.8 Å². The van der Waals surface area contributed by atoms with Crippen LogP contribution < -0.4 is 5.32 Å². The van der Waals surface area contributed by atoms with Gasteiger partial charge in [0.15, 0.2) is 0 Å². The molecule has 28 heavy (non-hydrogen) atoms. The molecule has 1 amide bonds. The number of nitro groups is 1. The Morgan fingerprint density at radius 3 is 2.57 bits per heavy atom. The number of pyridine rings is 1. The van der Waals surface area contributed by atoms with Crippen molar-refractivity contribution in [2.75, 3.05) is 11.9 Å². The number of hydrogen-bond acceptors (Lipinski definition) is 6. The highest BCUT2D eigenvalue weighted by atomic mass is 79.9. The van der Waals surface area contributed by atoms with Crippen molar-refractivity contribution in [3.63, 3.8) is 0 Å². The fourth-order valence-corrected chi connectivity index (χ4v) is 4.61. The third-order valence-electron chi connectivity index (χ3n) is 4.08. The van der Waals surface area contributed by atoms with Crippen LogP contribution in [0, 0.1) is 10.1 Å². The van der Waals surface area contributed by atoms with Crippen molar-refractivity contribution in [3.8, 4) is 0 Å². The van der Waals surface area contributed by atoms with Crippen LogP contribution in [0.15, 0.2) is 64.1 Å². The molecule has 2 heterocycles. The molecule has 0 saturated carbocycles. The van der Waals surface area contributed by atoms with E-state index in [1.165, 1.54) is 0 Å². The predicted octanol–water partition coefficient (Wildman–Crippen LogP) is 2.71. The lowest BCUT2D eigenvalue weighted by Crippen LogP contribution is -2.48. The van der Waals surface area contributed by atoms with Gasteiger partial charge in [-0.1, -0.05) is 18.2 Å². The van der Waals surface area contributed by atoms with Crippen molar-refractivity contribution in [1.29, 1.82) is 0 Å². The zero-order chi connectivity index (χ0) is 20.3. The highest BCUT2D eigenvalue weighted by Gasteiger charge is 2.36. The number of halogens is 1. The quantitative estimate of drug-likeness (QED) is 0.312. The molecule has 1 aliphatic heterocycles. The van der Waals surface area contributed by atoms with Gasteiger partial charge < -0.3 is 5.32 Å². The number of hydrogen-bond donors (Lipinski definition) is 1. The van der Waals surface area contributed by atoms with Gasteiger partial charge in [-0.05, 0) is 46.6 Å². The van der Waals surface area contributed by atoms with E-state index >= 15 is 0 Å². The number of rotatable bonds is 5. The van der Waals surface area contributed by atoms with Crippen LogP contribution in [0.25, 0.3) is 0 Å². The summed E-state index contributed by atoms with van der Waals surface area (Å²) in [5.41, 5.74) is -0.215. The number of non-ortho nitro benzene ring substituents is 1. The van der Waals surface area contributed by atoms with E-state index in [2.05, 4.69) is 26.2 Å². The van der Waals surface area contributed by atoms with Crippen molar-refractivity contribution in [2.45, 2.75) is 17.4 Å². The molecule has 1 aromatic heterocycles. The maximum absolute atomic E-state index is 13.0. The molecule has 0 aliphatic carbocycles. The minimum Gasteiger partial charge on any atom is -0.309 e. The number of nitrogens with zero attached hydrogens (tertiary/aromatic N) is 3. The fourth-order valence-electron chi connectivity index (χ4n) is 2.71. The van der Waals surface area contributed by atoms with Crippen LogP contribution in [0.2, 0.25) is 0 Å². The topological polar surface area (TPSA) is 123 Å². The second-order valence-corrected chi connectivity index (χ2v) is 8.59. The van der Waals surface area contributed by atoms with E-state index in [1.54, 1.807) is 30.4 Å². The second kappa shape index (κ2) is 8.17. The first kappa shape index (κ1) is 20.1. The SMILES string of the molecule is O=C(Nc1cccc(Br)n1)C1CC=CCN1S(=O)(=O)c1ccc([N+](=O)[O-])cc1. The average molecular weight is 467 g/mol. The van der Waals surface area contributed by atoms with Crippen molar-refractivity contribution < 1.29 is 18.1 Å². The lowest BCUT2D eigenvalue weighted by Gasteiger charge is -2.30. The van der Waals surface area contributed by atoms with Gasteiger partial charge in [-0.2, -0.15) is 4.31 Å². The largest absolute Gasteiger partial charge is 0.309 e. The Balaban J connectivity index is 1.86. The lowest BCUT2D eigenvalue weighted by atomic mass is 10.1. The molecule has 1 N–H and O–H groups in total. The van der Waals surface area contributed by atoms with Gasteiger partial charge in [0.1, 0.15) is 16.5 Å². The first-order valence-electron chi connectivity index (χ1n) is 8.14. The summed E-state index contributed by atoms with van der Waals surface area (Å²) in [5.74, 6) is -0.220. The zero-order valence-corrected chi connectivity index (χ0v) is 16.8. The summed E-state index contributed by atoms with van der Waals surface area (Å²) < 4.78 is 27.6. The molecule has 0 spiro atoms. The molecule has 11 heteroatoms. The maximum atomic E-state index is 13.0. The fraction of sp³-hybridized carbons (Fsp3) is 0.176. The standard InChI is InChI=1S/C17H15BrN4O5S/c18-15-5-3-6-16(19-15)20-17(23)14-4-1-2-11-21(14)28(26,27)13-9-7-12(8-10-13)22(24)25/h1-3,5-10,14H,4,11H2,(H,19,20,23). The molecule has 1 aromatic carbocycles. The van der Waals surface area contributed by atoms with Gasteiger partial charge in [-0.15, -0.1) is 0 Å². The number of anilines is 1. The van der Waals surface area contributed by atoms with Gasteiger partial charge in [0.05, 0.1) is 9.82 Å². The first-order valence-corrected chi connectivity index (χ1v) is 10.4. The Morgan fingerprint density at radius 1 is 1.21 bits per heavy atom. The summed E-state index contributed by atoms with van der Waals surface area (Å²) in [6.07, 6.45) is 3.59. The average Bonchev–Trinajstić information content (AvgIpc) is 2.68. The molecular weight excluding hydrogens is 452 g/mol. The number of benzene rings is 1. The van der Waals surface area contributed by atoms with Gasteiger partial charge in [0, 0.05) is 18.7 Å². The first-order chi connectivity index (χ1) is 13.3. The molecule has 0 radical (unpaired) electrons. The molecule has 0 fully saturated rings. The Kier molecular flexibility index (Phi) is 5.87. The van der Waals surface area contributed by atoms with Crippen LogP contribution >= 0.6 is 15.9 Å². The van der Waals surface area contributed by atoms with Gasteiger partial charge in [0.25, 0.3) is 5.69 Å². The highest BCUT2D eigenvalue weighted by Crippen LogP contribution is 2.25. The molecule has 9 nitrogen and oxygen atoms in total. The summed E-state index contributed by atoms with van der Waals surface area (Å²) >= 11 is 3.21. The Labute approximate surface area is 169 Å². The molecular formula is C17H15BrN4O5S. The van der Waals surface area contributed by atoms with Crippen molar-refractivity contribution in [2.24, 2.45) is 0 Å². The van der Waals surface area contributed by atoms with E-state index in [0.29, 0.717) is 10.4 Å². The molecule has 0 saturated heterocycles.